The van der Waals surface area contributed by atoms with Crippen LogP contribution in [0.1, 0.15) is 28.7 Å². The Kier molecular flexibility index (Phi) is 2.38. The molecule has 0 amide bonds. The van der Waals surface area contributed by atoms with Crippen molar-refractivity contribution in [3.05, 3.63) is 23.3 Å². The van der Waals surface area contributed by atoms with Gasteiger partial charge < -0.3 is 5.11 Å². The maximum atomic E-state index is 10.7. The fourth-order valence-electron chi connectivity index (χ4n) is 1.07. The predicted molar refractivity (Wildman–Crippen MR) is 43.1 cm³/mol. The molecule has 0 aromatic carbocycles. The number of aryl methyl sites for hydroxylation is 2. The van der Waals surface area contributed by atoms with Crippen LogP contribution in [0.25, 0.3) is 0 Å². The highest BCUT2D eigenvalue weighted by Crippen LogP contribution is 2.09. The van der Waals surface area contributed by atoms with E-state index >= 15 is 0 Å². The maximum absolute atomic E-state index is 10.7. The summed E-state index contributed by atoms with van der Waals surface area (Å²) >= 11 is 0. The van der Waals surface area contributed by atoms with Gasteiger partial charge in [-0.1, -0.05) is 6.92 Å². The molecule has 12 heavy (non-hydrogen) atoms. The van der Waals surface area contributed by atoms with Crippen molar-refractivity contribution in [3.8, 4) is 0 Å². The molecule has 1 heterocycles. The summed E-state index contributed by atoms with van der Waals surface area (Å²) in [5.41, 5.74) is 1.35. The molecule has 0 unspecified atom stereocenters. The van der Waals surface area contributed by atoms with Crippen molar-refractivity contribution in [1.82, 2.24) is 9.97 Å². The van der Waals surface area contributed by atoms with Crippen molar-refractivity contribution in [3.63, 3.8) is 0 Å². The Morgan fingerprint density at radius 2 is 2.25 bits per heavy atom. The number of aromatic nitrogens is 2. The van der Waals surface area contributed by atoms with Crippen molar-refractivity contribution in [2.45, 2.75) is 20.3 Å². The van der Waals surface area contributed by atoms with E-state index in [2.05, 4.69) is 9.97 Å². The van der Waals surface area contributed by atoms with E-state index in [9.17, 15) is 4.79 Å². The number of hydrogen-bond donors (Lipinski definition) is 1. The highest BCUT2D eigenvalue weighted by Gasteiger charge is 2.13. The summed E-state index contributed by atoms with van der Waals surface area (Å²) in [5, 5.41) is 8.80. The van der Waals surface area contributed by atoms with Gasteiger partial charge in [-0.15, -0.1) is 0 Å². The second-order valence-electron chi connectivity index (χ2n) is 2.44. The predicted octanol–water partition coefficient (Wildman–Crippen LogP) is 1.05. The van der Waals surface area contributed by atoms with Crippen LogP contribution in [0.4, 0.5) is 0 Å². The van der Waals surface area contributed by atoms with Gasteiger partial charge >= 0.3 is 5.97 Å². The molecular weight excluding hydrogens is 156 g/mol. The highest BCUT2D eigenvalue weighted by atomic mass is 16.4. The van der Waals surface area contributed by atoms with E-state index in [1.807, 2.05) is 6.92 Å². The fraction of sp³-hybridized carbons (Fsp3) is 0.375. The number of carboxylic acids is 1. The molecule has 0 bridgehead atoms. The summed E-state index contributed by atoms with van der Waals surface area (Å²) in [7, 11) is 0. The minimum absolute atomic E-state index is 0.236. The molecule has 0 saturated carbocycles. The minimum atomic E-state index is -0.954. The second kappa shape index (κ2) is 3.30. The normalized spacial score (nSPS) is 9.83. The maximum Gasteiger partial charge on any atom is 0.339 e. The molecule has 0 fully saturated rings. The molecule has 4 heteroatoms. The number of aromatic carboxylic acids is 1. The zero-order valence-corrected chi connectivity index (χ0v) is 7.03. The summed E-state index contributed by atoms with van der Waals surface area (Å²) in [6.07, 6.45) is 2.01. The molecule has 4 nitrogen and oxygen atoms in total. The second-order valence-corrected chi connectivity index (χ2v) is 2.44. The Bertz CT molecular complexity index is 310. The van der Waals surface area contributed by atoms with Gasteiger partial charge in [-0.2, -0.15) is 0 Å². The highest BCUT2D eigenvalue weighted by molar-refractivity contribution is 5.89. The van der Waals surface area contributed by atoms with Crippen LogP contribution >= 0.6 is 0 Å². The zero-order chi connectivity index (χ0) is 9.14. The monoisotopic (exact) mass is 166 g/mol. The van der Waals surface area contributed by atoms with Crippen LogP contribution in [0, 0.1) is 6.92 Å². The molecule has 0 spiro atoms. The fourth-order valence-corrected chi connectivity index (χ4v) is 1.07. The number of hydrogen-bond acceptors (Lipinski definition) is 3. The molecule has 1 aromatic heterocycles. The third kappa shape index (κ3) is 1.42. The summed E-state index contributed by atoms with van der Waals surface area (Å²) in [6, 6.07) is 0. The molecule has 1 N–H and O–H groups in total. The molecular formula is C8H10N2O2. The van der Waals surface area contributed by atoms with Crippen molar-refractivity contribution in [2.24, 2.45) is 0 Å². The molecule has 0 radical (unpaired) electrons. The Morgan fingerprint density at radius 1 is 1.58 bits per heavy atom. The summed E-state index contributed by atoms with van der Waals surface area (Å²) in [6.45, 7) is 3.54. The lowest BCUT2D eigenvalue weighted by atomic mass is 10.1. The molecule has 0 aliphatic rings. The van der Waals surface area contributed by atoms with Crippen LogP contribution in [0.5, 0.6) is 0 Å². The summed E-state index contributed by atoms with van der Waals surface area (Å²) < 4.78 is 0. The molecule has 0 atom stereocenters. The molecule has 0 aliphatic heterocycles. The Labute approximate surface area is 70.3 Å². The van der Waals surface area contributed by atoms with E-state index in [4.69, 9.17) is 5.11 Å². The first-order valence-electron chi connectivity index (χ1n) is 3.70. The van der Waals surface area contributed by atoms with Gasteiger partial charge in [0.1, 0.15) is 11.9 Å². The van der Waals surface area contributed by atoms with Gasteiger partial charge in [0.25, 0.3) is 0 Å². The minimum Gasteiger partial charge on any atom is -0.478 e. The van der Waals surface area contributed by atoms with E-state index in [1.54, 1.807) is 6.92 Å². The van der Waals surface area contributed by atoms with Gasteiger partial charge in [0.2, 0.25) is 0 Å². The van der Waals surface area contributed by atoms with E-state index in [0.29, 0.717) is 17.8 Å². The van der Waals surface area contributed by atoms with Crippen LogP contribution < -0.4 is 0 Å². The lowest BCUT2D eigenvalue weighted by Gasteiger charge is -2.03. The quantitative estimate of drug-likeness (QED) is 0.713. The molecule has 64 valence electrons. The first kappa shape index (κ1) is 8.64. The third-order valence-electron chi connectivity index (χ3n) is 1.66. The lowest BCUT2D eigenvalue weighted by molar-refractivity contribution is 0.0693. The van der Waals surface area contributed by atoms with Crippen LogP contribution in [-0.4, -0.2) is 21.0 Å². The van der Waals surface area contributed by atoms with Crippen LogP contribution in [0.2, 0.25) is 0 Å². The van der Waals surface area contributed by atoms with Crippen LogP contribution in [-0.2, 0) is 6.42 Å². The van der Waals surface area contributed by atoms with E-state index < -0.39 is 5.97 Å². The first-order chi connectivity index (χ1) is 5.66. The lowest BCUT2D eigenvalue weighted by Crippen LogP contribution is -2.08. The summed E-state index contributed by atoms with van der Waals surface area (Å²) in [4.78, 5) is 18.4. The Hall–Kier alpha value is -1.45. The number of rotatable bonds is 2. The van der Waals surface area contributed by atoms with Gasteiger partial charge in [-0.3, -0.25) is 0 Å². The smallest absolute Gasteiger partial charge is 0.339 e. The first-order valence-corrected chi connectivity index (χ1v) is 3.70. The SMILES string of the molecule is CCc1ncnc(C)c1C(=O)O. The van der Waals surface area contributed by atoms with Gasteiger partial charge in [0.05, 0.1) is 11.4 Å². The van der Waals surface area contributed by atoms with Gasteiger partial charge in [-0.05, 0) is 13.3 Å². The standard InChI is InChI=1S/C8H10N2O2/c1-3-6-7(8(11)12)5(2)9-4-10-6/h4H,3H2,1-2H3,(H,11,12). The number of nitrogens with zero attached hydrogens (tertiary/aromatic N) is 2. The molecule has 1 rings (SSSR count). The van der Waals surface area contributed by atoms with Gasteiger partial charge in [-0.25, -0.2) is 14.8 Å². The van der Waals surface area contributed by atoms with Crippen molar-refractivity contribution >= 4 is 5.97 Å². The molecule has 0 aliphatic carbocycles. The topological polar surface area (TPSA) is 63.1 Å². The zero-order valence-electron chi connectivity index (χ0n) is 7.03. The van der Waals surface area contributed by atoms with Crippen LogP contribution in [0.15, 0.2) is 6.33 Å². The average Bonchev–Trinajstić information content (AvgIpc) is 2.03. The average molecular weight is 166 g/mol. The van der Waals surface area contributed by atoms with Gasteiger partial charge in [0, 0.05) is 0 Å². The molecule has 0 saturated heterocycles. The van der Waals surface area contributed by atoms with Crippen LogP contribution in [0.3, 0.4) is 0 Å². The van der Waals surface area contributed by atoms with Gasteiger partial charge in [0.15, 0.2) is 0 Å². The van der Waals surface area contributed by atoms with Crippen molar-refractivity contribution in [2.75, 3.05) is 0 Å². The molecule has 1 aromatic rings. The Morgan fingerprint density at radius 3 is 2.67 bits per heavy atom. The van der Waals surface area contributed by atoms with E-state index in [-0.39, 0.29) is 5.56 Å². The number of carboxylic acid groups (broad SMARTS) is 1. The number of carbonyl (C=O) groups is 1. The van der Waals surface area contributed by atoms with E-state index in [1.165, 1.54) is 6.33 Å². The summed E-state index contributed by atoms with van der Waals surface area (Å²) in [5.74, 6) is -0.954. The van der Waals surface area contributed by atoms with Crippen molar-refractivity contribution in [1.29, 1.82) is 0 Å². The van der Waals surface area contributed by atoms with E-state index in [0.717, 1.165) is 0 Å². The van der Waals surface area contributed by atoms with Crippen molar-refractivity contribution < 1.29 is 9.90 Å². The largest absolute Gasteiger partial charge is 0.478 e. The third-order valence-corrected chi connectivity index (χ3v) is 1.66. The Balaban J connectivity index is 3.29.